The molecule has 9 heteroatoms. The van der Waals surface area contributed by atoms with Gasteiger partial charge in [0.1, 0.15) is 10.8 Å². The maximum atomic E-state index is 11.7. The van der Waals surface area contributed by atoms with Crippen molar-refractivity contribution in [2.75, 3.05) is 16.8 Å². The number of carbonyl (C=O) groups is 1. The van der Waals surface area contributed by atoms with Gasteiger partial charge in [0, 0.05) is 18.6 Å². The van der Waals surface area contributed by atoms with Crippen LogP contribution in [0.2, 0.25) is 0 Å². The van der Waals surface area contributed by atoms with E-state index in [0.29, 0.717) is 11.6 Å². The number of nitrogens with two attached hydrogens (primary N) is 2. The number of hydrogen-bond donors (Lipinski definition) is 3. The van der Waals surface area contributed by atoms with E-state index in [1.807, 2.05) is 13.0 Å². The number of nitrogens with zero attached hydrogens (tertiary/aromatic N) is 4. The molecule has 1 aliphatic heterocycles. The van der Waals surface area contributed by atoms with E-state index in [1.165, 1.54) is 11.5 Å². The van der Waals surface area contributed by atoms with Crippen molar-refractivity contribution in [3.63, 3.8) is 0 Å². The topological polar surface area (TPSA) is 123 Å². The fourth-order valence-corrected chi connectivity index (χ4v) is 3.48. The van der Waals surface area contributed by atoms with Crippen molar-refractivity contribution in [2.24, 2.45) is 11.5 Å². The van der Waals surface area contributed by atoms with Gasteiger partial charge in [0.05, 0.1) is 11.9 Å². The Kier molecular flexibility index (Phi) is 4.63. The highest BCUT2D eigenvalue weighted by Crippen LogP contribution is 2.27. The Balaban J connectivity index is 1.94. The molecule has 0 bridgehead atoms. The average molecular weight is 347 g/mol. The Bertz CT molecular complexity index is 747. The van der Waals surface area contributed by atoms with Crippen LogP contribution in [0.3, 0.4) is 0 Å². The van der Waals surface area contributed by atoms with Gasteiger partial charge in [-0.1, -0.05) is 0 Å². The summed E-state index contributed by atoms with van der Waals surface area (Å²) in [5.74, 6) is 0.405. The van der Waals surface area contributed by atoms with Crippen LogP contribution in [0.25, 0.3) is 0 Å². The first-order chi connectivity index (χ1) is 11.5. The maximum absolute atomic E-state index is 11.7. The Morgan fingerprint density at radius 2 is 2.29 bits per heavy atom. The first kappa shape index (κ1) is 16.6. The molecule has 2 unspecified atom stereocenters. The first-order valence-corrected chi connectivity index (χ1v) is 8.62. The van der Waals surface area contributed by atoms with Gasteiger partial charge in [0.15, 0.2) is 11.5 Å². The molecule has 1 amide bonds. The van der Waals surface area contributed by atoms with E-state index in [9.17, 15) is 4.79 Å². The molecule has 2 atom stereocenters. The van der Waals surface area contributed by atoms with Crippen LogP contribution in [0.5, 0.6) is 0 Å². The third kappa shape index (κ3) is 3.31. The van der Waals surface area contributed by atoms with E-state index in [4.69, 9.17) is 11.5 Å². The number of primary amides is 1. The van der Waals surface area contributed by atoms with Crippen LogP contribution in [-0.4, -0.2) is 38.9 Å². The molecule has 0 aliphatic carbocycles. The molecule has 0 saturated carbocycles. The summed E-state index contributed by atoms with van der Waals surface area (Å²) < 4.78 is 4.21. The predicted octanol–water partition coefficient (Wildman–Crippen LogP) is 1.40. The van der Waals surface area contributed by atoms with Gasteiger partial charge in [-0.15, -0.1) is 0 Å². The zero-order valence-electron chi connectivity index (χ0n) is 13.7. The number of aryl methyl sites for hydroxylation is 1. The van der Waals surface area contributed by atoms with Gasteiger partial charge in [-0.3, -0.25) is 4.79 Å². The Morgan fingerprint density at radius 1 is 1.50 bits per heavy atom. The van der Waals surface area contributed by atoms with Gasteiger partial charge in [-0.2, -0.15) is 4.37 Å². The molecular weight excluding hydrogens is 326 g/mol. The van der Waals surface area contributed by atoms with E-state index in [1.54, 1.807) is 6.20 Å². The number of nitrogens with one attached hydrogen (secondary N) is 1. The molecule has 1 saturated heterocycles. The number of rotatable bonds is 4. The van der Waals surface area contributed by atoms with Crippen LogP contribution in [-0.2, 0) is 0 Å². The first-order valence-electron chi connectivity index (χ1n) is 7.85. The van der Waals surface area contributed by atoms with Crippen LogP contribution in [0.4, 0.5) is 16.6 Å². The smallest absolute Gasteiger partial charge is 0.271 e. The molecule has 1 fully saturated rings. The molecule has 8 nitrogen and oxygen atoms in total. The van der Waals surface area contributed by atoms with E-state index in [2.05, 4.69) is 31.5 Å². The summed E-state index contributed by atoms with van der Waals surface area (Å²) >= 11 is 1.29. The number of amides is 1. The summed E-state index contributed by atoms with van der Waals surface area (Å²) in [6.07, 6.45) is 3.58. The molecule has 0 spiro atoms. The summed E-state index contributed by atoms with van der Waals surface area (Å²) in [6, 6.07) is 2.13. The lowest BCUT2D eigenvalue weighted by atomic mass is 9.98. The van der Waals surface area contributed by atoms with Gasteiger partial charge < -0.3 is 21.7 Å². The van der Waals surface area contributed by atoms with Gasteiger partial charge in [0.2, 0.25) is 0 Å². The van der Waals surface area contributed by atoms with E-state index >= 15 is 0 Å². The Hall–Kier alpha value is -2.26. The highest BCUT2D eigenvalue weighted by molar-refractivity contribution is 7.10. The quantitative estimate of drug-likeness (QED) is 0.764. The van der Waals surface area contributed by atoms with Crippen LogP contribution < -0.4 is 21.7 Å². The van der Waals surface area contributed by atoms with Crippen LogP contribution in [0.15, 0.2) is 12.3 Å². The molecule has 2 aromatic rings. The fourth-order valence-electron chi connectivity index (χ4n) is 2.82. The molecular formula is C15H21N7OS. The molecule has 3 heterocycles. The summed E-state index contributed by atoms with van der Waals surface area (Å²) in [5, 5.41) is 3.89. The van der Waals surface area contributed by atoms with Crippen molar-refractivity contribution in [1.29, 1.82) is 0 Å². The molecule has 5 N–H and O–H groups in total. The van der Waals surface area contributed by atoms with Gasteiger partial charge in [0.25, 0.3) is 5.91 Å². The molecule has 3 rings (SSSR count). The van der Waals surface area contributed by atoms with Gasteiger partial charge >= 0.3 is 0 Å². The number of anilines is 3. The Morgan fingerprint density at radius 3 is 2.96 bits per heavy atom. The number of piperidine rings is 1. The normalized spacial score (nSPS) is 20.9. The number of carbonyl (C=O) groups excluding carboxylic acids is 1. The van der Waals surface area contributed by atoms with Crippen molar-refractivity contribution in [3.05, 3.63) is 23.7 Å². The minimum atomic E-state index is -0.624. The number of aromatic nitrogens is 3. The monoisotopic (exact) mass is 347 g/mol. The minimum absolute atomic E-state index is 0.0944. The van der Waals surface area contributed by atoms with E-state index in [0.717, 1.165) is 30.1 Å². The predicted molar refractivity (Wildman–Crippen MR) is 94.7 cm³/mol. The second-order valence-corrected chi connectivity index (χ2v) is 6.79. The Labute approximate surface area is 144 Å². The number of hydrogen-bond acceptors (Lipinski definition) is 8. The van der Waals surface area contributed by atoms with E-state index in [-0.39, 0.29) is 17.8 Å². The summed E-state index contributed by atoms with van der Waals surface area (Å²) in [6.45, 7) is 4.83. The SMILES string of the molecule is Cc1cc(Nc2nc(N3CCCC(N)C3C)cnc2C(N)=O)sn1. The lowest BCUT2D eigenvalue weighted by Crippen LogP contribution is -2.50. The van der Waals surface area contributed by atoms with Crippen molar-refractivity contribution in [3.8, 4) is 0 Å². The third-order valence-corrected chi connectivity index (χ3v) is 5.00. The summed E-state index contributed by atoms with van der Waals surface area (Å²) in [7, 11) is 0. The van der Waals surface area contributed by atoms with Crippen LogP contribution in [0.1, 0.15) is 35.9 Å². The van der Waals surface area contributed by atoms with Crippen molar-refractivity contribution < 1.29 is 4.79 Å². The summed E-state index contributed by atoms with van der Waals surface area (Å²) in [4.78, 5) is 22.6. The lowest BCUT2D eigenvalue weighted by molar-refractivity contribution is 0.0996. The van der Waals surface area contributed by atoms with Gasteiger partial charge in [-0.25, -0.2) is 9.97 Å². The molecule has 0 aromatic carbocycles. The average Bonchev–Trinajstić information content (AvgIpc) is 2.95. The summed E-state index contributed by atoms with van der Waals surface area (Å²) in [5.41, 5.74) is 12.6. The second-order valence-electron chi connectivity index (χ2n) is 5.99. The van der Waals surface area contributed by atoms with Crippen molar-refractivity contribution in [2.45, 2.75) is 38.8 Å². The van der Waals surface area contributed by atoms with Crippen molar-refractivity contribution >= 4 is 34.1 Å². The largest absolute Gasteiger partial charge is 0.364 e. The van der Waals surface area contributed by atoms with Crippen LogP contribution in [0, 0.1) is 6.92 Å². The zero-order chi connectivity index (χ0) is 17.3. The molecule has 0 radical (unpaired) electrons. The van der Waals surface area contributed by atoms with Gasteiger partial charge in [-0.05, 0) is 44.3 Å². The van der Waals surface area contributed by atoms with Crippen molar-refractivity contribution in [1.82, 2.24) is 14.3 Å². The minimum Gasteiger partial charge on any atom is -0.364 e. The standard InChI is InChI=1S/C15H21N7OS/c1-8-6-12(24-21-8)20-15-13(14(17)23)18-7-11(19-15)22-5-3-4-10(16)9(22)2/h6-7,9-10H,3-5,16H2,1-2H3,(H2,17,23)(H,19,20). The highest BCUT2D eigenvalue weighted by atomic mass is 32.1. The second kappa shape index (κ2) is 6.70. The zero-order valence-corrected chi connectivity index (χ0v) is 14.5. The maximum Gasteiger partial charge on any atom is 0.271 e. The molecule has 2 aromatic heterocycles. The van der Waals surface area contributed by atoms with E-state index < -0.39 is 5.91 Å². The molecule has 1 aliphatic rings. The molecule has 128 valence electrons. The third-order valence-electron chi connectivity index (χ3n) is 4.20. The van der Waals surface area contributed by atoms with Crippen LogP contribution >= 0.6 is 11.5 Å². The highest BCUT2D eigenvalue weighted by Gasteiger charge is 2.27. The molecule has 24 heavy (non-hydrogen) atoms. The lowest BCUT2D eigenvalue weighted by Gasteiger charge is -2.38. The fraction of sp³-hybridized carbons (Fsp3) is 0.467.